The van der Waals surface area contributed by atoms with Gasteiger partial charge in [-0.1, -0.05) is 30.3 Å². The lowest BCUT2D eigenvalue weighted by molar-refractivity contribution is -0.114. The van der Waals surface area contributed by atoms with Gasteiger partial charge >= 0.3 is 5.97 Å². The standard InChI is InChI=1S/C23H26N2O4/c1-28-23(27)20-10-7-19(8-11-20)9-12-22(26)25(21-5-3-2-4-6-21)14-13-24-15-17-29-18-16-24/h2-12H,13-18H2,1H3. The zero-order chi connectivity index (χ0) is 20.5. The van der Waals surface area contributed by atoms with Gasteiger partial charge in [0, 0.05) is 37.9 Å². The van der Waals surface area contributed by atoms with Crippen molar-refractivity contribution in [1.82, 2.24) is 4.90 Å². The summed E-state index contributed by atoms with van der Waals surface area (Å²) in [6, 6.07) is 16.6. The average Bonchev–Trinajstić information content (AvgIpc) is 2.79. The molecule has 152 valence electrons. The molecule has 0 aliphatic carbocycles. The topological polar surface area (TPSA) is 59.1 Å². The van der Waals surface area contributed by atoms with Gasteiger partial charge in [0.1, 0.15) is 0 Å². The number of hydrogen-bond acceptors (Lipinski definition) is 5. The van der Waals surface area contributed by atoms with Gasteiger partial charge in [-0.05, 0) is 35.9 Å². The quantitative estimate of drug-likeness (QED) is 0.534. The van der Waals surface area contributed by atoms with E-state index in [0.717, 1.165) is 44.1 Å². The Kier molecular flexibility index (Phi) is 7.55. The van der Waals surface area contributed by atoms with Crippen molar-refractivity contribution < 1.29 is 19.1 Å². The number of carbonyl (C=O) groups excluding carboxylic acids is 2. The van der Waals surface area contributed by atoms with Crippen LogP contribution in [0.5, 0.6) is 0 Å². The molecule has 0 radical (unpaired) electrons. The number of benzene rings is 2. The van der Waals surface area contributed by atoms with Gasteiger partial charge in [0.05, 0.1) is 25.9 Å². The van der Waals surface area contributed by atoms with E-state index in [1.807, 2.05) is 30.3 Å². The first-order valence-corrected chi connectivity index (χ1v) is 9.70. The van der Waals surface area contributed by atoms with Crippen LogP contribution < -0.4 is 4.90 Å². The van der Waals surface area contributed by atoms with E-state index in [4.69, 9.17) is 9.47 Å². The molecule has 3 rings (SSSR count). The number of morpholine rings is 1. The Bertz CT molecular complexity index is 828. The molecule has 0 saturated carbocycles. The smallest absolute Gasteiger partial charge is 0.337 e. The number of para-hydroxylation sites is 1. The molecule has 1 heterocycles. The van der Waals surface area contributed by atoms with Gasteiger partial charge in [0.25, 0.3) is 5.91 Å². The van der Waals surface area contributed by atoms with Gasteiger partial charge in [0.15, 0.2) is 0 Å². The van der Waals surface area contributed by atoms with Crippen molar-refractivity contribution in [3.63, 3.8) is 0 Å². The van der Waals surface area contributed by atoms with Crippen LogP contribution in [0.1, 0.15) is 15.9 Å². The van der Waals surface area contributed by atoms with Crippen molar-refractivity contribution in [2.75, 3.05) is 51.4 Å². The number of methoxy groups -OCH3 is 1. The van der Waals surface area contributed by atoms with E-state index < -0.39 is 0 Å². The van der Waals surface area contributed by atoms with Crippen molar-refractivity contribution in [3.8, 4) is 0 Å². The molecule has 0 unspecified atom stereocenters. The van der Waals surface area contributed by atoms with E-state index in [2.05, 4.69) is 4.90 Å². The molecule has 6 heteroatoms. The van der Waals surface area contributed by atoms with Crippen LogP contribution in [-0.2, 0) is 14.3 Å². The molecule has 1 aliphatic heterocycles. The summed E-state index contributed by atoms with van der Waals surface area (Å²) >= 11 is 0. The van der Waals surface area contributed by atoms with E-state index in [1.165, 1.54) is 7.11 Å². The zero-order valence-corrected chi connectivity index (χ0v) is 16.6. The van der Waals surface area contributed by atoms with Crippen LogP contribution in [0.25, 0.3) is 6.08 Å². The van der Waals surface area contributed by atoms with Gasteiger partial charge < -0.3 is 14.4 Å². The Labute approximate surface area is 171 Å². The van der Waals surface area contributed by atoms with Crippen LogP contribution in [0.2, 0.25) is 0 Å². The van der Waals surface area contributed by atoms with Gasteiger partial charge in [-0.15, -0.1) is 0 Å². The van der Waals surface area contributed by atoms with Crippen molar-refractivity contribution in [3.05, 3.63) is 71.8 Å². The number of esters is 1. The third-order valence-electron chi connectivity index (χ3n) is 4.83. The van der Waals surface area contributed by atoms with Crippen LogP contribution in [0.15, 0.2) is 60.7 Å². The number of rotatable bonds is 7. The molecule has 1 saturated heterocycles. The van der Waals surface area contributed by atoms with Gasteiger partial charge in [-0.3, -0.25) is 9.69 Å². The highest BCUT2D eigenvalue weighted by Crippen LogP contribution is 2.15. The van der Waals surface area contributed by atoms with Crippen molar-refractivity contribution in [1.29, 1.82) is 0 Å². The Morgan fingerprint density at radius 2 is 1.76 bits per heavy atom. The summed E-state index contributed by atoms with van der Waals surface area (Å²) in [5.74, 6) is -0.462. The Balaban J connectivity index is 1.68. The second-order valence-electron chi connectivity index (χ2n) is 6.73. The first-order valence-electron chi connectivity index (χ1n) is 9.70. The van der Waals surface area contributed by atoms with Gasteiger partial charge in [-0.2, -0.15) is 0 Å². The lowest BCUT2D eigenvalue weighted by atomic mass is 10.1. The maximum Gasteiger partial charge on any atom is 0.337 e. The van der Waals surface area contributed by atoms with E-state index in [9.17, 15) is 9.59 Å². The highest BCUT2D eigenvalue weighted by Gasteiger charge is 2.16. The maximum absolute atomic E-state index is 12.9. The predicted molar refractivity (Wildman–Crippen MR) is 113 cm³/mol. The van der Waals surface area contributed by atoms with Crippen LogP contribution in [0, 0.1) is 0 Å². The number of amides is 1. The van der Waals surface area contributed by atoms with E-state index >= 15 is 0 Å². The summed E-state index contributed by atoms with van der Waals surface area (Å²) in [4.78, 5) is 28.6. The fourth-order valence-corrected chi connectivity index (χ4v) is 3.15. The molecule has 0 bridgehead atoms. The van der Waals surface area contributed by atoms with Crippen molar-refractivity contribution >= 4 is 23.6 Å². The maximum atomic E-state index is 12.9. The summed E-state index contributed by atoms with van der Waals surface area (Å²) in [6.07, 6.45) is 3.33. The molecule has 2 aromatic carbocycles. The highest BCUT2D eigenvalue weighted by atomic mass is 16.5. The third-order valence-corrected chi connectivity index (χ3v) is 4.83. The normalized spacial score (nSPS) is 14.7. The number of nitrogens with zero attached hydrogens (tertiary/aromatic N) is 2. The minimum absolute atomic E-state index is 0.0819. The fraction of sp³-hybridized carbons (Fsp3) is 0.304. The molecule has 1 fully saturated rings. The van der Waals surface area contributed by atoms with Crippen LogP contribution in [0.3, 0.4) is 0 Å². The monoisotopic (exact) mass is 394 g/mol. The lowest BCUT2D eigenvalue weighted by Gasteiger charge is -2.29. The number of hydrogen-bond donors (Lipinski definition) is 0. The van der Waals surface area contributed by atoms with Crippen LogP contribution in [0.4, 0.5) is 5.69 Å². The molecule has 6 nitrogen and oxygen atoms in total. The largest absolute Gasteiger partial charge is 0.465 e. The molecule has 0 spiro atoms. The second kappa shape index (κ2) is 10.5. The summed E-state index contributed by atoms with van der Waals surface area (Å²) < 4.78 is 10.1. The minimum Gasteiger partial charge on any atom is -0.465 e. The van der Waals surface area contributed by atoms with Crippen molar-refractivity contribution in [2.24, 2.45) is 0 Å². The van der Waals surface area contributed by atoms with Crippen LogP contribution >= 0.6 is 0 Å². The van der Waals surface area contributed by atoms with E-state index in [0.29, 0.717) is 12.1 Å². The average molecular weight is 394 g/mol. The Morgan fingerprint density at radius 3 is 2.41 bits per heavy atom. The van der Waals surface area contributed by atoms with Crippen LogP contribution in [-0.4, -0.2) is 63.3 Å². The molecular weight excluding hydrogens is 368 g/mol. The Morgan fingerprint density at radius 1 is 1.07 bits per heavy atom. The van der Waals surface area contributed by atoms with Gasteiger partial charge in [-0.25, -0.2) is 4.79 Å². The fourth-order valence-electron chi connectivity index (χ4n) is 3.15. The first-order chi connectivity index (χ1) is 14.2. The second-order valence-corrected chi connectivity index (χ2v) is 6.73. The summed E-state index contributed by atoms with van der Waals surface area (Å²) in [5, 5.41) is 0. The zero-order valence-electron chi connectivity index (χ0n) is 16.6. The molecule has 29 heavy (non-hydrogen) atoms. The first kappa shape index (κ1) is 20.8. The lowest BCUT2D eigenvalue weighted by Crippen LogP contribution is -2.42. The van der Waals surface area contributed by atoms with E-state index in [1.54, 1.807) is 41.3 Å². The number of anilines is 1. The highest BCUT2D eigenvalue weighted by molar-refractivity contribution is 6.03. The number of ether oxygens (including phenoxy) is 2. The summed E-state index contributed by atoms with van der Waals surface area (Å²) in [5.41, 5.74) is 2.19. The summed E-state index contributed by atoms with van der Waals surface area (Å²) in [6.45, 7) is 4.65. The molecular formula is C23H26N2O4. The molecule has 1 amide bonds. The van der Waals surface area contributed by atoms with E-state index in [-0.39, 0.29) is 11.9 Å². The predicted octanol–water partition coefficient (Wildman–Crippen LogP) is 2.85. The SMILES string of the molecule is COC(=O)c1ccc(C=CC(=O)N(CCN2CCOCC2)c2ccccc2)cc1. The molecule has 0 N–H and O–H groups in total. The third kappa shape index (κ3) is 6.01. The molecule has 0 atom stereocenters. The number of carbonyl (C=O) groups is 2. The Hall–Kier alpha value is -2.96. The molecule has 1 aliphatic rings. The molecule has 2 aromatic rings. The minimum atomic E-state index is -0.380. The molecule has 0 aromatic heterocycles. The van der Waals surface area contributed by atoms with Gasteiger partial charge in [0.2, 0.25) is 0 Å². The van der Waals surface area contributed by atoms with Crippen molar-refractivity contribution in [2.45, 2.75) is 0 Å². The summed E-state index contributed by atoms with van der Waals surface area (Å²) in [7, 11) is 1.35.